The van der Waals surface area contributed by atoms with Crippen molar-refractivity contribution in [2.24, 2.45) is 0 Å². The van der Waals surface area contributed by atoms with Crippen LogP contribution in [0.25, 0.3) is 5.69 Å². The Bertz CT molecular complexity index is 989. The SMILES string of the molecule is Cc1ccc(-n2nc(C)c(NC(=O)Cc3ccc([N+](=O)[O-])cc3)c2C)cc1. The van der Waals surface area contributed by atoms with Gasteiger partial charge in [0.25, 0.3) is 5.69 Å². The van der Waals surface area contributed by atoms with Crippen molar-refractivity contribution in [3.63, 3.8) is 0 Å². The first-order chi connectivity index (χ1) is 12.8. The molecule has 1 heterocycles. The average Bonchev–Trinajstić information content (AvgIpc) is 2.91. The van der Waals surface area contributed by atoms with Gasteiger partial charge in [-0.3, -0.25) is 14.9 Å². The molecule has 7 heteroatoms. The third-order valence-corrected chi connectivity index (χ3v) is 4.35. The summed E-state index contributed by atoms with van der Waals surface area (Å²) in [7, 11) is 0. The Labute approximate surface area is 156 Å². The fraction of sp³-hybridized carbons (Fsp3) is 0.200. The van der Waals surface area contributed by atoms with E-state index < -0.39 is 4.92 Å². The van der Waals surface area contributed by atoms with Gasteiger partial charge in [-0.1, -0.05) is 29.8 Å². The predicted octanol–water partition coefficient (Wildman–Crippen LogP) is 3.89. The first-order valence-corrected chi connectivity index (χ1v) is 8.51. The van der Waals surface area contributed by atoms with E-state index in [1.54, 1.807) is 16.8 Å². The minimum Gasteiger partial charge on any atom is -0.323 e. The monoisotopic (exact) mass is 364 g/mol. The lowest BCUT2D eigenvalue weighted by Crippen LogP contribution is -2.15. The Morgan fingerprint density at radius 3 is 2.30 bits per heavy atom. The molecule has 3 rings (SSSR count). The molecule has 0 bridgehead atoms. The molecule has 27 heavy (non-hydrogen) atoms. The molecule has 1 aromatic heterocycles. The zero-order valence-electron chi connectivity index (χ0n) is 15.4. The third kappa shape index (κ3) is 4.03. The van der Waals surface area contributed by atoms with Crippen LogP contribution in [0, 0.1) is 30.9 Å². The zero-order chi connectivity index (χ0) is 19.6. The summed E-state index contributed by atoms with van der Waals surface area (Å²) < 4.78 is 1.80. The van der Waals surface area contributed by atoms with Gasteiger partial charge in [-0.15, -0.1) is 0 Å². The lowest BCUT2D eigenvalue weighted by atomic mass is 10.1. The number of carbonyl (C=O) groups is 1. The number of non-ortho nitro benzene ring substituents is 1. The number of amides is 1. The van der Waals surface area contributed by atoms with Crippen LogP contribution < -0.4 is 5.32 Å². The molecule has 0 saturated heterocycles. The van der Waals surface area contributed by atoms with Crippen LogP contribution >= 0.6 is 0 Å². The van der Waals surface area contributed by atoms with E-state index in [9.17, 15) is 14.9 Å². The van der Waals surface area contributed by atoms with Crippen molar-refractivity contribution in [2.75, 3.05) is 5.32 Å². The number of nitro groups is 1. The first-order valence-electron chi connectivity index (χ1n) is 8.51. The molecule has 0 aliphatic rings. The number of hydrogen-bond acceptors (Lipinski definition) is 4. The molecule has 0 unspecified atom stereocenters. The first kappa shape index (κ1) is 18.3. The summed E-state index contributed by atoms with van der Waals surface area (Å²) in [6.07, 6.45) is 0.132. The largest absolute Gasteiger partial charge is 0.323 e. The van der Waals surface area contributed by atoms with Crippen LogP contribution in [0.4, 0.5) is 11.4 Å². The molecule has 138 valence electrons. The summed E-state index contributed by atoms with van der Waals surface area (Å²) in [6.45, 7) is 5.77. The van der Waals surface area contributed by atoms with Crippen LogP contribution in [-0.2, 0) is 11.2 Å². The molecule has 0 aliphatic heterocycles. The van der Waals surface area contributed by atoms with Crippen LogP contribution in [0.2, 0.25) is 0 Å². The number of nitro benzene ring substituents is 1. The molecule has 1 amide bonds. The molecule has 0 spiro atoms. The highest BCUT2D eigenvalue weighted by atomic mass is 16.6. The molecule has 0 radical (unpaired) electrons. The van der Waals surface area contributed by atoms with Gasteiger partial charge in [0, 0.05) is 12.1 Å². The van der Waals surface area contributed by atoms with Gasteiger partial charge in [-0.2, -0.15) is 5.10 Å². The summed E-state index contributed by atoms with van der Waals surface area (Å²) in [5.41, 5.74) is 5.06. The highest BCUT2D eigenvalue weighted by Crippen LogP contribution is 2.23. The van der Waals surface area contributed by atoms with Crippen molar-refractivity contribution in [1.82, 2.24) is 9.78 Å². The summed E-state index contributed by atoms with van der Waals surface area (Å²) in [5.74, 6) is -0.196. The van der Waals surface area contributed by atoms with Crippen LogP contribution in [0.1, 0.15) is 22.5 Å². The second kappa shape index (κ2) is 7.41. The maximum absolute atomic E-state index is 12.4. The van der Waals surface area contributed by atoms with E-state index in [1.165, 1.54) is 12.1 Å². The van der Waals surface area contributed by atoms with Gasteiger partial charge in [-0.05, 0) is 38.5 Å². The smallest absolute Gasteiger partial charge is 0.269 e. The maximum atomic E-state index is 12.4. The zero-order valence-corrected chi connectivity index (χ0v) is 15.4. The van der Waals surface area contributed by atoms with Crippen LogP contribution in [0.3, 0.4) is 0 Å². The number of rotatable bonds is 5. The van der Waals surface area contributed by atoms with Gasteiger partial charge in [0.2, 0.25) is 5.91 Å². The minimum absolute atomic E-state index is 0.00483. The fourth-order valence-electron chi connectivity index (χ4n) is 2.87. The lowest BCUT2D eigenvalue weighted by molar-refractivity contribution is -0.384. The van der Waals surface area contributed by atoms with E-state index >= 15 is 0 Å². The Morgan fingerprint density at radius 1 is 1.07 bits per heavy atom. The quantitative estimate of drug-likeness (QED) is 0.549. The standard InChI is InChI=1S/C20H20N4O3/c1-13-4-8-17(9-5-13)23-15(3)20(14(2)22-23)21-19(25)12-16-6-10-18(11-7-16)24(26)27/h4-11H,12H2,1-3H3,(H,21,25). The van der Waals surface area contributed by atoms with Gasteiger partial charge in [0.1, 0.15) is 0 Å². The number of nitrogens with one attached hydrogen (secondary N) is 1. The lowest BCUT2D eigenvalue weighted by Gasteiger charge is -2.08. The van der Waals surface area contributed by atoms with Crippen LogP contribution in [-0.4, -0.2) is 20.6 Å². The molecular formula is C20H20N4O3. The third-order valence-electron chi connectivity index (χ3n) is 4.35. The Morgan fingerprint density at radius 2 is 1.70 bits per heavy atom. The van der Waals surface area contributed by atoms with Crippen molar-refractivity contribution in [3.8, 4) is 5.69 Å². The summed E-state index contributed by atoms with van der Waals surface area (Å²) >= 11 is 0. The Hall–Kier alpha value is -3.48. The molecule has 0 fully saturated rings. The molecule has 1 N–H and O–H groups in total. The number of aryl methyl sites for hydroxylation is 2. The van der Waals surface area contributed by atoms with E-state index in [1.807, 2.05) is 45.0 Å². The van der Waals surface area contributed by atoms with Gasteiger partial charge in [-0.25, -0.2) is 4.68 Å². The highest BCUT2D eigenvalue weighted by Gasteiger charge is 2.16. The Balaban J connectivity index is 1.76. The molecule has 7 nitrogen and oxygen atoms in total. The van der Waals surface area contributed by atoms with Crippen molar-refractivity contribution >= 4 is 17.3 Å². The van der Waals surface area contributed by atoms with Crippen LogP contribution in [0.5, 0.6) is 0 Å². The summed E-state index contributed by atoms with van der Waals surface area (Å²) in [5, 5.41) is 18.1. The Kier molecular flexibility index (Phi) is 5.03. The highest BCUT2D eigenvalue weighted by molar-refractivity contribution is 5.93. The van der Waals surface area contributed by atoms with E-state index in [0.29, 0.717) is 11.3 Å². The molecular weight excluding hydrogens is 344 g/mol. The van der Waals surface area contributed by atoms with Crippen molar-refractivity contribution in [3.05, 3.63) is 81.2 Å². The second-order valence-electron chi connectivity index (χ2n) is 6.44. The molecule has 0 aliphatic carbocycles. The maximum Gasteiger partial charge on any atom is 0.269 e. The summed E-state index contributed by atoms with van der Waals surface area (Å²) in [4.78, 5) is 22.7. The van der Waals surface area contributed by atoms with Crippen molar-refractivity contribution in [2.45, 2.75) is 27.2 Å². The number of anilines is 1. The molecule has 0 atom stereocenters. The molecule has 3 aromatic rings. The van der Waals surface area contributed by atoms with E-state index in [2.05, 4.69) is 10.4 Å². The number of aromatic nitrogens is 2. The number of carbonyl (C=O) groups excluding carboxylic acids is 1. The van der Waals surface area contributed by atoms with Gasteiger partial charge >= 0.3 is 0 Å². The van der Waals surface area contributed by atoms with E-state index in [0.717, 1.165) is 22.6 Å². The van der Waals surface area contributed by atoms with Crippen molar-refractivity contribution in [1.29, 1.82) is 0 Å². The number of hydrogen-bond donors (Lipinski definition) is 1. The average molecular weight is 364 g/mol. The fourth-order valence-corrected chi connectivity index (χ4v) is 2.87. The van der Waals surface area contributed by atoms with Gasteiger partial charge < -0.3 is 5.32 Å². The molecule has 2 aromatic carbocycles. The minimum atomic E-state index is -0.462. The molecule has 0 saturated carbocycles. The second-order valence-corrected chi connectivity index (χ2v) is 6.44. The topological polar surface area (TPSA) is 90.1 Å². The van der Waals surface area contributed by atoms with Gasteiger partial charge in [0.05, 0.1) is 34.1 Å². The van der Waals surface area contributed by atoms with Crippen molar-refractivity contribution < 1.29 is 9.72 Å². The summed E-state index contributed by atoms with van der Waals surface area (Å²) in [6, 6.07) is 14.0. The van der Waals surface area contributed by atoms with E-state index in [4.69, 9.17) is 0 Å². The van der Waals surface area contributed by atoms with Crippen LogP contribution in [0.15, 0.2) is 48.5 Å². The number of nitrogens with zero attached hydrogens (tertiary/aromatic N) is 3. The normalized spacial score (nSPS) is 10.6. The van der Waals surface area contributed by atoms with Gasteiger partial charge in [0.15, 0.2) is 0 Å². The number of benzene rings is 2. The predicted molar refractivity (Wildman–Crippen MR) is 103 cm³/mol. The van der Waals surface area contributed by atoms with E-state index in [-0.39, 0.29) is 18.0 Å².